The lowest BCUT2D eigenvalue weighted by Gasteiger charge is -2.50. The molecule has 0 bridgehead atoms. The molecule has 3 heterocycles. The maximum atomic E-state index is 14.3. The van der Waals surface area contributed by atoms with E-state index < -0.39 is 102 Å². The van der Waals surface area contributed by atoms with Crippen molar-refractivity contribution in [3.8, 4) is 0 Å². The van der Waals surface area contributed by atoms with Crippen LogP contribution in [0.5, 0.6) is 0 Å². The summed E-state index contributed by atoms with van der Waals surface area (Å²) in [6, 6.07) is -0.270. The fraction of sp³-hybridized carbons (Fsp3) is 0.949. The fourth-order valence-electron chi connectivity index (χ4n) is 9.01. The van der Waals surface area contributed by atoms with E-state index in [0.29, 0.717) is 6.42 Å². The summed E-state index contributed by atoms with van der Waals surface area (Å²) in [4.78, 5) is 30.5. The van der Waals surface area contributed by atoms with Crippen LogP contribution in [0.1, 0.15) is 94.9 Å². The van der Waals surface area contributed by atoms with Crippen molar-refractivity contribution in [1.82, 2.24) is 4.90 Å². The number of ether oxygens (including phenoxy) is 8. The van der Waals surface area contributed by atoms with E-state index in [1.54, 1.807) is 34.6 Å². The van der Waals surface area contributed by atoms with E-state index in [-0.39, 0.29) is 37.2 Å². The summed E-state index contributed by atoms with van der Waals surface area (Å²) in [7, 11) is 8.26. The molecule has 3 rings (SSSR count). The minimum atomic E-state index is -1.73. The lowest BCUT2D eigenvalue weighted by atomic mass is 9.73. The maximum absolute atomic E-state index is 14.3. The van der Waals surface area contributed by atoms with Crippen molar-refractivity contribution < 1.29 is 62.8 Å². The van der Waals surface area contributed by atoms with Gasteiger partial charge in [0.15, 0.2) is 12.6 Å². The van der Waals surface area contributed by atoms with Gasteiger partial charge in [0.2, 0.25) is 0 Å². The number of methoxy groups -OCH3 is 3. The Morgan fingerprint density at radius 3 is 1.98 bits per heavy atom. The summed E-state index contributed by atoms with van der Waals surface area (Å²) in [5, 5.41) is 34.5. The fourth-order valence-corrected chi connectivity index (χ4v) is 9.01. The standard InChI is InChI=1S/C39H71NO13/c1-16-27-39(10,45)34(46-13)22(4)29(41)20(2)18-38(9,48-15)33(53-36-30(42)26(40(11)12)17-21(3)49-36)23(5)31(24(6)35(44)51-27)52-28-19-37(8,47-14)32(43)25(7)50-28/h20-28,30-34,36,42-43,45H,16-19H2,1-15H3/t20-,21-,22+,23+,24+,25+,26+,27-,28-,30-,31-,32+,33-,34-,36+,37-,38+,39-/m1/s1. The number of aliphatic hydroxyl groups excluding tert-OH is 2. The van der Waals surface area contributed by atoms with Gasteiger partial charge < -0.3 is 58.1 Å². The number of likely N-dealkylation sites (N-methyl/N-ethyl adjacent to an activating group) is 1. The van der Waals surface area contributed by atoms with E-state index in [9.17, 15) is 24.9 Å². The van der Waals surface area contributed by atoms with Gasteiger partial charge in [-0.05, 0) is 74.9 Å². The first-order valence-corrected chi connectivity index (χ1v) is 19.3. The SMILES string of the molecule is CC[C@H]1OC(=O)[C@@H](C)[C@H](O[C@@H]2C[C@@](C)(OC)[C@@H](O)[C@H](C)O2)[C@H](C)[C@@H](O[C@@H]2O[C@H](C)C[C@H](N(C)C)[C@H]2O)[C@@](C)(OC)C[C@@H](C)C(=O)[C@H](C)[C@@H](OC)[C@]1(C)O. The van der Waals surface area contributed by atoms with Crippen LogP contribution in [0.4, 0.5) is 0 Å². The van der Waals surface area contributed by atoms with Gasteiger partial charge in [-0.1, -0.05) is 27.7 Å². The summed E-state index contributed by atoms with van der Waals surface area (Å²) in [5.41, 5.74) is -3.96. The topological polar surface area (TPSA) is 172 Å². The largest absolute Gasteiger partial charge is 0.459 e. The zero-order valence-electron chi connectivity index (χ0n) is 34.9. The number of carbonyl (C=O) groups is 2. The number of carbonyl (C=O) groups excluding carboxylic acids is 2. The molecule has 0 aromatic heterocycles. The molecule has 0 aromatic rings. The number of esters is 1. The summed E-state index contributed by atoms with van der Waals surface area (Å²) < 4.78 is 50.0. The number of hydrogen-bond donors (Lipinski definition) is 3. The zero-order chi connectivity index (χ0) is 40.4. The van der Waals surface area contributed by atoms with Gasteiger partial charge in [-0.15, -0.1) is 0 Å². The smallest absolute Gasteiger partial charge is 0.311 e. The van der Waals surface area contributed by atoms with Crippen LogP contribution < -0.4 is 0 Å². The molecular weight excluding hydrogens is 690 g/mol. The van der Waals surface area contributed by atoms with Crippen molar-refractivity contribution in [2.24, 2.45) is 23.7 Å². The summed E-state index contributed by atoms with van der Waals surface area (Å²) in [6.45, 7) is 17.7. The van der Waals surface area contributed by atoms with E-state index in [2.05, 4.69) is 0 Å². The van der Waals surface area contributed by atoms with Crippen molar-refractivity contribution >= 4 is 11.8 Å². The van der Waals surface area contributed by atoms with Crippen molar-refractivity contribution in [2.45, 2.75) is 179 Å². The third-order valence-corrected chi connectivity index (χ3v) is 12.5. The van der Waals surface area contributed by atoms with E-state index in [0.717, 1.165) is 0 Å². The predicted octanol–water partition coefficient (Wildman–Crippen LogP) is 3.09. The van der Waals surface area contributed by atoms with Gasteiger partial charge in [0.1, 0.15) is 29.7 Å². The molecule has 0 aromatic carbocycles. The normalized spacial score (nSPS) is 48.3. The first-order valence-electron chi connectivity index (χ1n) is 19.3. The number of cyclic esters (lactones) is 1. The molecule has 310 valence electrons. The average molecular weight is 762 g/mol. The Labute approximate surface area is 317 Å². The maximum Gasteiger partial charge on any atom is 0.311 e. The molecule has 0 unspecified atom stereocenters. The van der Waals surface area contributed by atoms with Crippen LogP contribution in [-0.2, 0) is 47.5 Å². The van der Waals surface area contributed by atoms with Gasteiger partial charge in [-0.25, -0.2) is 0 Å². The molecule has 3 aliphatic heterocycles. The molecule has 0 aliphatic carbocycles. The Hall–Kier alpha value is -1.30. The van der Waals surface area contributed by atoms with Crippen molar-refractivity contribution in [3.05, 3.63) is 0 Å². The third-order valence-electron chi connectivity index (χ3n) is 12.5. The lowest BCUT2D eigenvalue weighted by molar-refractivity contribution is -0.319. The second kappa shape index (κ2) is 18.3. The first-order chi connectivity index (χ1) is 24.5. The Morgan fingerprint density at radius 1 is 0.849 bits per heavy atom. The molecule has 3 N–H and O–H groups in total. The average Bonchev–Trinajstić information content (AvgIpc) is 3.10. The molecule has 0 saturated carbocycles. The van der Waals surface area contributed by atoms with Crippen molar-refractivity contribution in [3.63, 3.8) is 0 Å². The van der Waals surface area contributed by atoms with Crippen LogP contribution in [0, 0.1) is 23.7 Å². The monoisotopic (exact) mass is 761 g/mol. The van der Waals surface area contributed by atoms with Crippen LogP contribution in [0.2, 0.25) is 0 Å². The number of aliphatic hydroxyl groups is 3. The highest BCUT2D eigenvalue weighted by molar-refractivity contribution is 5.83. The molecule has 53 heavy (non-hydrogen) atoms. The Morgan fingerprint density at radius 2 is 1.45 bits per heavy atom. The lowest BCUT2D eigenvalue weighted by Crippen LogP contribution is -2.61. The molecule has 3 saturated heterocycles. The third kappa shape index (κ3) is 9.81. The van der Waals surface area contributed by atoms with Gasteiger partial charge >= 0.3 is 5.97 Å². The highest BCUT2D eigenvalue weighted by Crippen LogP contribution is 2.42. The molecule has 3 fully saturated rings. The Balaban J connectivity index is 2.24. The summed E-state index contributed by atoms with van der Waals surface area (Å²) in [6.07, 6.45) is -7.72. The molecule has 14 heteroatoms. The zero-order valence-corrected chi connectivity index (χ0v) is 34.9. The number of Topliss-reactive ketones (excluding diaryl/α,β-unsaturated/α-hetero) is 1. The molecule has 0 radical (unpaired) electrons. The van der Waals surface area contributed by atoms with Gasteiger partial charge in [0, 0.05) is 51.5 Å². The van der Waals surface area contributed by atoms with Gasteiger partial charge in [-0.2, -0.15) is 0 Å². The van der Waals surface area contributed by atoms with E-state index in [1.807, 2.05) is 46.7 Å². The molecular formula is C39H71NO13. The predicted molar refractivity (Wildman–Crippen MR) is 196 cm³/mol. The number of ketones is 1. The van der Waals surface area contributed by atoms with Crippen LogP contribution in [0.25, 0.3) is 0 Å². The molecule has 18 atom stereocenters. The molecule has 0 spiro atoms. The van der Waals surface area contributed by atoms with Gasteiger partial charge in [0.05, 0.1) is 47.6 Å². The first kappa shape index (κ1) is 46.1. The number of hydrogen-bond acceptors (Lipinski definition) is 14. The van der Waals surface area contributed by atoms with E-state index in [4.69, 9.17) is 37.9 Å². The van der Waals surface area contributed by atoms with Crippen LogP contribution in [0.15, 0.2) is 0 Å². The quantitative estimate of drug-likeness (QED) is 0.293. The molecule has 14 nitrogen and oxygen atoms in total. The second-order valence-electron chi connectivity index (χ2n) is 16.8. The van der Waals surface area contributed by atoms with Crippen LogP contribution in [-0.4, -0.2) is 152 Å². The highest BCUT2D eigenvalue weighted by atomic mass is 16.7. The summed E-state index contributed by atoms with van der Waals surface area (Å²) >= 11 is 0. The number of nitrogens with zero attached hydrogens (tertiary/aromatic N) is 1. The second-order valence-corrected chi connectivity index (χ2v) is 16.8. The molecule has 3 aliphatic rings. The minimum Gasteiger partial charge on any atom is -0.459 e. The van der Waals surface area contributed by atoms with Gasteiger partial charge in [-0.3, -0.25) is 9.59 Å². The Kier molecular flexibility index (Phi) is 15.9. The van der Waals surface area contributed by atoms with E-state index >= 15 is 0 Å². The Bertz CT molecular complexity index is 1200. The van der Waals surface area contributed by atoms with Crippen molar-refractivity contribution in [2.75, 3.05) is 35.4 Å². The minimum absolute atomic E-state index is 0.144. The molecule has 0 amide bonds. The highest BCUT2D eigenvalue weighted by Gasteiger charge is 2.54. The van der Waals surface area contributed by atoms with Gasteiger partial charge in [0.25, 0.3) is 0 Å². The van der Waals surface area contributed by atoms with Crippen LogP contribution in [0.3, 0.4) is 0 Å². The van der Waals surface area contributed by atoms with E-state index in [1.165, 1.54) is 28.3 Å². The van der Waals surface area contributed by atoms with Crippen molar-refractivity contribution in [1.29, 1.82) is 0 Å². The van der Waals surface area contributed by atoms with Crippen LogP contribution >= 0.6 is 0 Å². The number of rotatable bonds is 9. The summed E-state index contributed by atoms with van der Waals surface area (Å²) in [5.74, 6) is -3.88.